The molecule has 0 unspecified atom stereocenters. The van der Waals surface area contributed by atoms with E-state index in [1.807, 2.05) is 0 Å². The average Bonchev–Trinajstić information content (AvgIpc) is 2.24. The molecule has 1 aromatic rings. The molecule has 0 heterocycles. The smallest absolute Gasteiger partial charge is 0.322 e. The lowest BCUT2D eigenvalue weighted by Gasteiger charge is -2.03. The number of esters is 1. The van der Waals surface area contributed by atoms with Gasteiger partial charge in [0.25, 0.3) is 5.69 Å². The molecule has 0 aliphatic rings. The SMILES string of the molecule is O=C(CS(=O)(=O)Cl)OCc1ccc([N+](=O)[O-])cc1. The first-order valence-electron chi connectivity index (χ1n) is 4.59. The van der Waals surface area contributed by atoms with E-state index in [1.165, 1.54) is 24.3 Å². The fraction of sp³-hybridized carbons (Fsp3) is 0.222. The van der Waals surface area contributed by atoms with Gasteiger partial charge < -0.3 is 4.74 Å². The second-order valence-corrected chi connectivity index (χ2v) is 6.04. The summed E-state index contributed by atoms with van der Waals surface area (Å²) in [5.41, 5.74) is 0.411. The minimum Gasteiger partial charge on any atom is -0.460 e. The Morgan fingerprint density at radius 1 is 1.33 bits per heavy atom. The summed E-state index contributed by atoms with van der Waals surface area (Å²) in [7, 11) is 0.924. The molecule has 0 bridgehead atoms. The largest absolute Gasteiger partial charge is 0.460 e. The molecule has 0 aliphatic carbocycles. The molecule has 0 N–H and O–H groups in total. The minimum atomic E-state index is -3.94. The topological polar surface area (TPSA) is 104 Å². The van der Waals surface area contributed by atoms with Crippen molar-refractivity contribution in [3.05, 3.63) is 39.9 Å². The first-order valence-corrected chi connectivity index (χ1v) is 7.07. The third-order valence-corrected chi connectivity index (χ3v) is 2.75. The molecular formula is C9H8ClNO6S. The zero-order valence-corrected chi connectivity index (χ0v) is 10.5. The standard InChI is InChI=1S/C9H8ClNO6S/c10-18(15,16)6-9(12)17-5-7-1-3-8(4-2-7)11(13)14/h1-4H,5-6H2. The first kappa shape index (κ1) is 14.4. The Kier molecular flexibility index (Phi) is 4.62. The van der Waals surface area contributed by atoms with Crippen molar-refractivity contribution in [1.29, 1.82) is 0 Å². The Morgan fingerprint density at radius 2 is 1.89 bits per heavy atom. The van der Waals surface area contributed by atoms with E-state index in [1.54, 1.807) is 0 Å². The summed E-state index contributed by atoms with van der Waals surface area (Å²) in [6.07, 6.45) is 0. The molecule has 0 radical (unpaired) electrons. The fourth-order valence-corrected chi connectivity index (χ4v) is 1.69. The number of ether oxygens (including phenoxy) is 1. The third kappa shape index (κ3) is 5.11. The van der Waals surface area contributed by atoms with Crippen molar-refractivity contribution in [2.75, 3.05) is 5.75 Å². The van der Waals surface area contributed by atoms with Gasteiger partial charge in [0.05, 0.1) is 4.92 Å². The second kappa shape index (κ2) is 5.78. The maximum Gasteiger partial charge on any atom is 0.322 e. The number of benzene rings is 1. The lowest BCUT2D eigenvalue weighted by Crippen LogP contribution is -2.14. The number of carbonyl (C=O) groups is 1. The molecule has 18 heavy (non-hydrogen) atoms. The molecule has 1 rings (SSSR count). The monoisotopic (exact) mass is 293 g/mol. The summed E-state index contributed by atoms with van der Waals surface area (Å²) >= 11 is 0. The predicted molar refractivity (Wildman–Crippen MR) is 62.5 cm³/mol. The molecule has 1 aromatic carbocycles. The molecule has 98 valence electrons. The van der Waals surface area contributed by atoms with Crippen LogP contribution < -0.4 is 0 Å². The van der Waals surface area contributed by atoms with Gasteiger partial charge >= 0.3 is 5.97 Å². The summed E-state index contributed by atoms with van der Waals surface area (Å²) in [5.74, 6) is -1.90. The summed E-state index contributed by atoms with van der Waals surface area (Å²) < 4.78 is 25.8. The van der Waals surface area contributed by atoms with Gasteiger partial charge in [-0.1, -0.05) is 0 Å². The molecule has 0 aromatic heterocycles. The van der Waals surface area contributed by atoms with E-state index in [0.29, 0.717) is 5.56 Å². The Bertz CT molecular complexity index is 553. The predicted octanol–water partition coefficient (Wildman–Crippen LogP) is 1.21. The van der Waals surface area contributed by atoms with E-state index in [9.17, 15) is 23.3 Å². The van der Waals surface area contributed by atoms with Gasteiger partial charge in [-0.2, -0.15) is 0 Å². The first-order chi connectivity index (χ1) is 8.28. The zero-order chi connectivity index (χ0) is 13.8. The maximum atomic E-state index is 11.0. The van der Waals surface area contributed by atoms with E-state index in [4.69, 9.17) is 10.7 Å². The van der Waals surface area contributed by atoms with Crippen LogP contribution in [0.15, 0.2) is 24.3 Å². The van der Waals surface area contributed by atoms with Crippen LogP contribution >= 0.6 is 10.7 Å². The van der Waals surface area contributed by atoms with Crippen LogP contribution in [0.5, 0.6) is 0 Å². The average molecular weight is 294 g/mol. The number of halogens is 1. The molecule has 0 atom stereocenters. The van der Waals surface area contributed by atoms with E-state index in [-0.39, 0.29) is 12.3 Å². The number of carbonyl (C=O) groups excluding carboxylic acids is 1. The van der Waals surface area contributed by atoms with Gasteiger partial charge in [-0.25, -0.2) is 8.42 Å². The van der Waals surface area contributed by atoms with Gasteiger partial charge in [-0.15, -0.1) is 0 Å². The van der Waals surface area contributed by atoms with Crippen molar-refractivity contribution < 1.29 is 22.9 Å². The summed E-state index contributed by atoms with van der Waals surface area (Å²) in [4.78, 5) is 20.8. The Hall–Kier alpha value is -1.67. The molecule has 0 aliphatic heterocycles. The molecule has 9 heteroatoms. The lowest BCUT2D eigenvalue weighted by molar-refractivity contribution is -0.384. The second-order valence-electron chi connectivity index (χ2n) is 3.27. The molecule has 0 fully saturated rings. The number of rotatable bonds is 5. The van der Waals surface area contributed by atoms with Crippen LogP contribution in [0, 0.1) is 10.1 Å². The van der Waals surface area contributed by atoms with Crippen LogP contribution in [0.2, 0.25) is 0 Å². The van der Waals surface area contributed by atoms with Gasteiger partial charge in [0.2, 0.25) is 9.05 Å². The quantitative estimate of drug-likeness (QED) is 0.350. The number of hydrogen-bond acceptors (Lipinski definition) is 6. The molecular weight excluding hydrogens is 286 g/mol. The zero-order valence-electron chi connectivity index (χ0n) is 8.91. The Morgan fingerprint density at radius 3 is 2.33 bits per heavy atom. The number of nitro benzene ring substituents is 1. The van der Waals surface area contributed by atoms with Crippen LogP contribution in [-0.2, 0) is 25.2 Å². The Balaban J connectivity index is 2.54. The van der Waals surface area contributed by atoms with Crippen molar-refractivity contribution in [3.63, 3.8) is 0 Å². The van der Waals surface area contributed by atoms with Crippen LogP contribution in [-0.4, -0.2) is 25.1 Å². The normalized spacial score (nSPS) is 10.9. The Labute approximate surface area is 107 Å². The number of nitro groups is 1. The van der Waals surface area contributed by atoms with Crippen LogP contribution in [0.3, 0.4) is 0 Å². The highest BCUT2D eigenvalue weighted by Crippen LogP contribution is 2.12. The van der Waals surface area contributed by atoms with Crippen molar-refractivity contribution in [2.45, 2.75) is 6.61 Å². The fourth-order valence-electron chi connectivity index (χ4n) is 1.06. The van der Waals surface area contributed by atoms with Crippen LogP contribution in [0.1, 0.15) is 5.56 Å². The van der Waals surface area contributed by atoms with E-state index in [2.05, 4.69) is 4.74 Å². The van der Waals surface area contributed by atoms with E-state index >= 15 is 0 Å². The van der Waals surface area contributed by atoms with Gasteiger partial charge in [-0.05, 0) is 17.7 Å². The van der Waals surface area contributed by atoms with E-state index < -0.39 is 25.7 Å². The molecule has 0 amide bonds. The molecule has 0 spiro atoms. The summed E-state index contributed by atoms with van der Waals surface area (Å²) in [5, 5.41) is 10.4. The van der Waals surface area contributed by atoms with E-state index in [0.717, 1.165) is 0 Å². The number of non-ortho nitro benzene ring substituents is 1. The van der Waals surface area contributed by atoms with Crippen LogP contribution in [0.25, 0.3) is 0 Å². The molecule has 0 saturated carbocycles. The lowest BCUT2D eigenvalue weighted by atomic mass is 10.2. The number of nitrogens with zero attached hydrogens (tertiary/aromatic N) is 1. The number of hydrogen-bond donors (Lipinski definition) is 0. The molecule has 0 saturated heterocycles. The maximum absolute atomic E-state index is 11.0. The van der Waals surface area contributed by atoms with Gasteiger partial charge in [-0.3, -0.25) is 14.9 Å². The van der Waals surface area contributed by atoms with Crippen molar-refractivity contribution in [3.8, 4) is 0 Å². The third-order valence-electron chi connectivity index (χ3n) is 1.84. The van der Waals surface area contributed by atoms with Crippen molar-refractivity contribution in [1.82, 2.24) is 0 Å². The van der Waals surface area contributed by atoms with Gasteiger partial charge in [0, 0.05) is 22.8 Å². The highest BCUT2D eigenvalue weighted by atomic mass is 35.7. The van der Waals surface area contributed by atoms with Crippen molar-refractivity contribution >= 4 is 31.4 Å². The van der Waals surface area contributed by atoms with Gasteiger partial charge in [0.15, 0.2) is 5.75 Å². The highest BCUT2D eigenvalue weighted by molar-refractivity contribution is 8.14. The van der Waals surface area contributed by atoms with Gasteiger partial charge in [0.1, 0.15) is 6.61 Å². The molecule has 7 nitrogen and oxygen atoms in total. The minimum absolute atomic E-state index is 0.0894. The summed E-state index contributed by atoms with van der Waals surface area (Å²) in [6.45, 7) is -0.177. The van der Waals surface area contributed by atoms with Crippen LogP contribution in [0.4, 0.5) is 5.69 Å². The van der Waals surface area contributed by atoms with Crippen molar-refractivity contribution in [2.24, 2.45) is 0 Å². The summed E-state index contributed by atoms with van der Waals surface area (Å²) in [6, 6.07) is 5.31. The highest BCUT2D eigenvalue weighted by Gasteiger charge is 2.14.